The number of anilines is 1. The van der Waals surface area contributed by atoms with Crippen molar-refractivity contribution in [3.05, 3.63) is 58.6 Å². The minimum atomic E-state index is -3.65. The molecule has 7 heteroatoms. The molecule has 21 heavy (non-hydrogen) atoms. The maximum absolute atomic E-state index is 12.2. The van der Waals surface area contributed by atoms with Crippen LogP contribution in [0.25, 0.3) is 0 Å². The highest BCUT2D eigenvalue weighted by molar-refractivity contribution is 7.92. The predicted molar refractivity (Wildman–Crippen MR) is 89.3 cm³/mol. The van der Waals surface area contributed by atoms with Crippen LogP contribution in [0, 0.1) is 6.92 Å². The van der Waals surface area contributed by atoms with Gasteiger partial charge in [-0.15, -0.1) is 0 Å². The molecular weight excluding hydrogens is 328 g/mol. The molecule has 0 saturated heterocycles. The van der Waals surface area contributed by atoms with Crippen LogP contribution in [0.1, 0.15) is 11.1 Å². The Balaban J connectivity index is 2.31. The maximum atomic E-state index is 12.2. The molecule has 0 bridgehead atoms. The van der Waals surface area contributed by atoms with Crippen LogP contribution in [0.15, 0.2) is 47.4 Å². The fraction of sp³-hybridized carbons (Fsp3) is 0.0714. The molecule has 0 unspecified atom stereocenters. The highest BCUT2D eigenvalue weighted by atomic mass is 35.5. The highest BCUT2D eigenvalue weighted by Crippen LogP contribution is 2.23. The van der Waals surface area contributed by atoms with Gasteiger partial charge in [0.05, 0.1) is 15.6 Å². The van der Waals surface area contributed by atoms with Crippen molar-refractivity contribution in [2.45, 2.75) is 11.8 Å². The molecule has 0 saturated carbocycles. The first-order chi connectivity index (χ1) is 9.79. The standard InChI is InChI=1S/C14H13ClN2O2S2/c1-9-2-5-11(6-3-9)21(18,19)17-10-4-7-12(14(16)20)13(15)8-10/h2-8,17H,1H3,(H2,16,20). The van der Waals surface area contributed by atoms with E-state index in [1.54, 1.807) is 36.4 Å². The molecular formula is C14H13ClN2O2S2. The van der Waals surface area contributed by atoms with Crippen molar-refractivity contribution in [1.29, 1.82) is 0 Å². The van der Waals surface area contributed by atoms with Gasteiger partial charge in [-0.3, -0.25) is 4.72 Å². The first kappa shape index (κ1) is 15.8. The van der Waals surface area contributed by atoms with E-state index in [-0.39, 0.29) is 9.88 Å². The van der Waals surface area contributed by atoms with Crippen molar-refractivity contribution in [1.82, 2.24) is 0 Å². The van der Waals surface area contributed by atoms with E-state index in [0.29, 0.717) is 16.3 Å². The summed E-state index contributed by atoms with van der Waals surface area (Å²) in [5, 5.41) is 0.298. The van der Waals surface area contributed by atoms with Gasteiger partial charge in [-0.05, 0) is 37.3 Å². The van der Waals surface area contributed by atoms with Gasteiger partial charge in [-0.25, -0.2) is 8.42 Å². The molecule has 110 valence electrons. The Morgan fingerprint density at radius 1 is 1.19 bits per heavy atom. The lowest BCUT2D eigenvalue weighted by Gasteiger charge is -2.10. The number of nitrogens with one attached hydrogen (secondary N) is 1. The molecule has 2 aromatic carbocycles. The van der Waals surface area contributed by atoms with E-state index in [2.05, 4.69) is 4.72 Å². The summed E-state index contributed by atoms with van der Waals surface area (Å²) >= 11 is 10.9. The number of aryl methyl sites for hydroxylation is 1. The van der Waals surface area contributed by atoms with Crippen molar-refractivity contribution < 1.29 is 8.42 Å². The van der Waals surface area contributed by atoms with Gasteiger partial charge in [0.25, 0.3) is 10.0 Å². The quantitative estimate of drug-likeness (QED) is 0.839. The van der Waals surface area contributed by atoms with Crippen LogP contribution in [-0.4, -0.2) is 13.4 Å². The second-order valence-electron chi connectivity index (χ2n) is 4.48. The molecule has 0 aromatic heterocycles. The summed E-state index contributed by atoms with van der Waals surface area (Å²) in [7, 11) is -3.65. The third-order valence-corrected chi connectivity index (χ3v) is 4.75. The summed E-state index contributed by atoms with van der Waals surface area (Å²) in [6.07, 6.45) is 0. The Hall–Kier alpha value is -1.63. The molecule has 4 nitrogen and oxygen atoms in total. The normalized spacial score (nSPS) is 11.1. The zero-order valence-corrected chi connectivity index (χ0v) is 13.5. The largest absolute Gasteiger partial charge is 0.389 e. The SMILES string of the molecule is Cc1ccc(S(=O)(=O)Nc2ccc(C(N)=S)c(Cl)c2)cc1. The van der Waals surface area contributed by atoms with Crippen LogP contribution in [-0.2, 0) is 10.0 Å². The lowest BCUT2D eigenvalue weighted by atomic mass is 10.2. The third kappa shape index (κ3) is 3.72. The van der Waals surface area contributed by atoms with Crippen LogP contribution in [0.5, 0.6) is 0 Å². The van der Waals surface area contributed by atoms with Crippen molar-refractivity contribution >= 4 is 44.5 Å². The Kier molecular flexibility index (Phi) is 4.51. The van der Waals surface area contributed by atoms with E-state index in [9.17, 15) is 8.42 Å². The van der Waals surface area contributed by atoms with Crippen LogP contribution < -0.4 is 10.5 Å². The minimum Gasteiger partial charge on any atom is -0.389 e. The minimum absolute atomic E-state index is 0.160. The lowest BCUT2D eigenvalue weighted by Crippen LogP contribution is -2.14. The topological polar surface area (TPSA) is 72.2 Å². The van der Waals surface area contributed by atoms with Crippen LogP contribution >= 0.6 is 23.8 Å². The van der Waals surface area contributed by atoms with Crippen molar-refractivity contribution in [3.63, 3.8) is 0 Å². The number of rotatable bonds is 4. The molecule has 3 N–H and O–H groups in total. The number of thiocarbonyl (C=S) groups is 1. The molecule has 0 radical (unpaired) electrons. The average Bonchev–Trinajstić information content (AvgIpc) is 2.38. The zero-order valence-electron chi connectivity index (χ0n) is 11.1. The summed E-state index contributed by atoms with van der Waals surface area (Å²) < 4.78 is 26.9. The molecule has 0 atom stereocenters. The second-order valence-corrected chi connectivity index (χ2v) is 7.01. The molecule has 2 aromatic rings. The van der Waals surface area contributed by atoms with E-state index >= 15 is 0 Å². The number of sulfonamides is 1. The molecule has 0 fully saturated rings. The highest BCUT2D eigenvalue weighted by Gasteiger charge is 2.14. The van der Waals surface area contributed by atoms with Crippen molar-refractivity contribution in [3.8, 4) is 0 Å². The summed E-state index contributed by atoms with van der Waals surface area (Å²) in [6, 6.07) is 11.2. The van der Waals surface area contributed by atoms with Gasteiger partial charge in [-0.2, -0.15) is 0 Å². The summed E-state index contributed by atoms with van der Waals surface area (Å²) in [5.74, 6) is 0. The first-order valence-corrected chi connectivity index (χ1v) is 8.25. The Morgan fingerprint density at radius 3 is 2.33 bits per heavy atom. The van der Waals surface area contributed by atoms with Gasteiger partial charge in [0.15, 0.2) is 0 Å². The Labute approximate surface area is 134 Å². The molecule has 0 aliphatic carbocycles. The molecule has 0 amide bonds. The number of nitrogens with two attached hydrogens (primary N) is 1. The number of hydrogen-bond acceptors (Lipinski definition) is 3. The van der Waals surface area contributed by atoms with Gasteiger partial charge >= 0.3 is 0 Å². The van der Waals surface area contributed by atoms with E-state index in [1.165, 1.54) is 6.07 Å². The third-order valence-electron chi connectivity index (χ3n) is 2.82. The van der Waals surface area contributed by atoms with Crippen molar-refractivity contribution in [2.75, 3.05) is 4.72 Å². The van der Waals surface area contributed by atoms with Gasteiger partial charge in [0.1, 0.15) is 4.99 Å². The van der Waals surface area contributed by atoms with Crippen LogP contribution in [0.2, 0.25) is 5.02 Å². The summed E-state index contributed by atoms with van der Waals surface area (Å²) in [5.41, 5.74) is 7.34. The smallest absolute Gasteiger partial charge is 0.261 e. The van der Waals surface area contributed by atoms with Gasteiger partial charge in [0, 0.05) is 5.56 Å². The number of benzene rings is 2. The van der Waals surface area contributed by atoms with Gasteiger partial charge < -0.3 is 5.73 Å². The second kappa shape index (κ2) is 6.01. The van der Waals surface area contributed by atoms with Crippen LogP contribution in [0.3, 0.4) is 0 Å². The van der Waals surface area contributed by atoms with E-state index in [0.717, 1.165) is 5.56 Å². The fourth-order valence-electron chi connectivity index (χ4n) is 1.71. The average molecular weight is 341 g/mol. The fourth-order valence-corrected chi connectivity index (χ4v) is 3.28. The summed E-state index contributed by atoms with van der Waals surface area (Å²) in [4.78, 5) is 0.343. The van der Waals surface area contributed by atoms with E-state index in [1.807, 2.05) is 6.92 Å². The van der Waals surface area contributed by atoms with Crippen LogP contribution in [0.4, 0.5) is 5.69 Å². The lowest BCUT2D eigenvalue weighted by molar-refractivity contribution is 0.601. The van der Waals surface area contributed by atoms with Crippen molar-refractivity contribution in [2.24, 2.45) is 5.73 Å². The Morgan fingerprint density at radius 2 is 1.81 bits per heavy atom. The maximum Gasteiger partial charge on any atom is 0.261 e. The first-order valence-electron chi connectivity index (χ1n) is 5.98. The van der Waals surface area contributed by atoms with E-state index in [4.69, 9.17) is 29.6 Å². The van der Waals surface area contributed by atoms with E-state index < -0.39 is 10.0 Å². The molecule has 0 aliphatic heterocycles. The summed E-state index contributed by atoms with van der Waals surface area (Å²) in [6.45, 7) is 1.89. The monoisotopic (exact) mass is 340 g/mol. The zero-order chi connectivity index (χ0) is 15.6. The predicted octanol–water partition coefficient (Wildman–Crippen LogP) is 3.08. The van der Waals surface area contributed by atoms with Gasteiger partial charge in [-0.1, -0.05) is 41.5 Å². The molecule has 2 rings (SSSR count). The molecule has 0 heterocycles. The molecule has 0 spiro atoms. The molecule has 0 aliphatic rings. The number of hydrogen-bond donors (Lipinski definition) is 2. The Bertz CT molecular complexity index is 787. The van der Waals surface area contributed by atoms with Gasteiger partial charge in [0.2, 0.25) is 0 Å². The number of halogens is 1.